The predicted molar refractivity (Wildman–Crippen MR) is 54.8 cm³/mol. The lowest BCUT2D eigenvalue weighted by molar-refractivity contribution is -0.133. The van der Waals surface area contributed by atoms with Crippen LogP contribution in [-0.2, 0) is 4.79 Å². The summed E-state index contributed by atoms with van der Waals surface area (Å²) < 4.78 is 15.5. The average Bonchev–Trinajstić information content (AvgIpc) is 2.72. The monoisotopic (exact) mass is 222 g/mol. The minimum Gasteiger partial charge on any atom is -0.489 e. The highest BCUT2D eigenvalue weighted by molar-refractivity contribution is 5.86. The second-order valence-corrected chi connectivity index (χ2v) is 3.21. The van der Waals surface area contributed by atoms with E-state index in [1.54, 1.807) is 18.2 Å². The van der Waals surface area contributed by atoms with Gasteiger partial charge in [-0.25, -0.2) is 4.79 Å². The molecule has 0 fully saturated rings. The topological polar surface area (TPSA) is 65.0 Å². The number of fused-ring (bicyclic) bond motifs is 1. The largest absolute Gasteiger partial charge is 0.489 e. The number of ether oxygens (including phenoxy) is 3. The summed E-state index contributed by atoms with van der Waals surface area (Å²) in [6.07, 6.45) is 0. The highest BCUT2D eigenvalue weighted by Gasteiger charge is 2.14. The first-order valence-corrected chi connectivity index (χ1v) is 4.60. The smallest absolute Gasteiger partial charge is 0.334 e. The Morgan fingerprint density at radius 2 is 2.19 bits per heavy atom. The maximum atomic E-state index is 10.5. The van der Waals surface area contributed by atoms with Crippen LogP contribution >= 0.6 is 0 Å². The van der Waals surface area contributed by atoms with Crippen LogP contribution in [-0.4, -0.2) is 24.5 Å². The van der Waals surface area contributed by atoms with Gasteiger partial charge < -0.3 is 19.3 Å². The Hall–Kier alpha value is -2.17. The van der Waals surface area contributed by atoms with Crippen LogP contribution in [0.4, 0.5) is 0 Å². The van der Waals surface area contributed by atoms with Gasteiger partial charge in [-0.2, -0.15) is 0 Å². The van der Waals surface area contributed by atoms with Gasteiger partial charge in [0.1, 0.15) is 12.4 Å². The highest BCUT2D eigenvalue weighted by atomic mass is 16.7. The van der Waals surface area contributed by atoms with Crippen molar-refractivity contribution in [1.29, 1.82) is 0 Å². The minimum absolute atomic E-state index is 0.00216. The van der Waals surface area contributed by atoms with Crippen molar-refractivity contribution in [3.63, 3.8) is 0 Å². The molecule has 1 heterocycles. The van der Waals surface area contributed by atoms with E-state index < -0.39 is 5.97 Å². The van der Waals surface area contributed by atoms with Gasteiger partial charge in [0.05, 0.1) is 5.57 Å². The maximum absolute atomic E-state index is 10.5. The Labute approximate surface area is 91.9 Å². The number of rotatable bonds is 4. The molecule has 1 aromatic carbocycles. The maximum Gasteiger partial charge on any atom is 0.334 e. The van der Waals surface area contributed by atoms with Gasteiger partial charge in [0.25, 0.3) is 0 Å². The number of benzene rings is 1. The molecule has 16 heavy (non-hydrogen) atoms. The highest BCUT2D eigenvalue weighted by Crippen LogP contribution is 2.35. The van der Waals surface area contributed by atoms with Crippen LogP contribution in [0.2, 0.25) is 0 Å². The van der Waals surface area contributed by atoms with Crippen molar-refractivity contribution >= 4 is 5.97 Å². The molecule has 0 bridgehead atoms. The van der Waals surface area contributed by atoms with Gasteiger partial charge in [-0.1, -0.05) is 6.58 Å². The molecule has 0 spiro atoms. The predicted octanol–water partition coefficient (Wildman–Crippen LogP) is 1.43. The van der Waals surface area contributed by atoms with Crippen LogP contribution in [0.25, 0.3) is 0 Å². The van der Waals surface area contributed by atoms with E-state index in [1.807, 2.05) is 0 Å². The Balaban J connectivity index is 2.00. The van der Waals surface area contributed by atoms with Gasteiger partial charge in [-0.05, 0) is 12.1 Å². The minimum atomic E-state index is -1.07. The van der Waals surface area contributed by atoms with Crippen molar-refractivity contribution in [3.8, 4) is 17.2 Å². The molecular weight excluding hydrogens is 212 g/mol. The summed E-state index contributed by atoms with van der Waals surface area (Å²) in [5.41, 5.74) is -0.00216. The second kappa shape index (κ2) is 4.14. The zero-order valence-electron chi connectivity index (χ0n) is 8.43. The molecular formula is C11H10O5. The van der Waals surface area contributed by atoms with Gasteiger partial charge in [-0.3, -0.25) is 0 Å². The molecule has 0 saturated heterocycles. The molecule has 0 radical (unpaired) electrons. The zero-order chi connectivity index (χ0) is 11.5. The molecule has 1 N–H and O–H groups in total. The summed E-state index contributed by atoms with van der Waals surface area (Å²) in [5.74, 6) is 0.704. The third-order valence-electron chi connectivity index (χ3n) is 2.06. The van der Waals surface area contributed by atoms with E-state index in [0.717, 1.165) is 0 Å². The molecule has 2 rings (SSSR count). The molecule has 5 heteroatoms. The lowest BCUT2D eigenvalue weighted by Gasteiger charge is -2.06. The van der Waals surface area contributed by atoms with Gasteiger partial charge in [-0.15, -0.1) is 0 Å². The molecule has 0 atom stereocenters. The van der Waals surface area contributed by atoms with E-state index in [1.165, 1.54) is 0 Å². The molecule has 1 aliphatic heterocycles. The van der Waals surface area contributed by atoms with Crippen LogP contribution in [0.3, 0.4) is 0 Å². The van der Waals surface area contributed by atoms with E-state index in [0.29, 0.717) is 17.2 Å². The van der Waals surface area contributed by atoms with Crippen molar-refractivity contribution in [2.24, 2.45) is 0 Å². The fourth-order valence-electron chi connectivity index (χ4n) is 1.20. The summed E-state index contributed by atoms with van der Waals surface area (Å²) in [4.78, 5) is 10.5. The molecule has 0 saturated carbocycles. The molecule has 1 aromatic rings. The lowest BCUT2D eigenvalue weighted by atomic mass is 10.3. The van der Waals surface area contributed by atoms with Gasteiger partial charge in [0.2, 0.25) is 6.79 Å². The van der Waals surface area contributed by atoms with E-state index in [4.69, 9.17) is 19.3 Å². The SMILES string of the molecule is C=C(COc1ccc2c(c1)OCO2)C(=O)O. The van der Waals surface area contributed by atoms with E-state index in [9.17, 15) is 4.79 Å². The third kappa shape index (κ3) is 2.08. The van der Waals surface area contributed by atoms with E-state index in [-0.39, 0.29) is 19.0 Å². The van der Waals surface area contributed by atoms with Crippen LogP contribution in [0, 0.1) is 0 Å². The van der Waals surface area contributed by atoms with Crippen molar-refractivity contribution < 1.29 is 24.1 Å². The van der Waals surface area contributed by atoms with Crippen molar-refractivity contribution in [2.45, 2.75) is 0 Å². The standard InChI is InChI=1S/C11H10O5/c1-7(11(12)13)5-14-8-2-3-9-10(4-8)16-6-15-9/h2-4H,1,5-6H2,(H,12,13). The molecule has 5 nitrogen and oxygen atoms in total. The van der Waals surface area contributed by atoms with Gasteiger partial charge in [0, 0.05) is 6.07 Å². The number of carboxylic acids is 1. The summed E-state index contributed by atoms with van der Waals surface area (Å²) in [5, 5.41) is 8.59. The number of hydrogen-bond acceptors (Lipinski definition) is 4. The number of carboxylic acid groups (broad SMARTS) is 1. The Morgan fingerprint density at radius 3 is 2.94 bits per heavy atom. The Morgan fingerprint density at radius 1 is 1.44 bits per heavy atom. The zero-order valence-corrected chi connectivity index (χ0v) is 8.43. The van der Waals surface area contributed by atoms with Crippen LogP contribution in [0.1, 0.15) is 0 Å². The molecule has 84 valence electrons. The van der Waals surface area contributed by atoms with Crippen molar-refractivity contribution in [2.75, 3.05) is 13.4 Å². The first-order chi connectivity index (χ1) is 7.66. The molecule has 0 aromatic heterocycles. The third-order valence-corrected chi connectivity index (χ3v) is 2.06. The number of carbonyl (C=O) groups is 1. The van der Waals surface area contributed by atoms with E-state index >= 15 is 0 Å². The summed E-state index contributed by atoms with van der Waals surface area (Å²) >= 11 is 0. The molecule has 0 aliphatic carbocycles. The Kier molecular flexibility index (Phi) is 2.68. The van der Waals surface area contributed by atoms with Crippen molar-refractivity contribution in [1.82, 2.24) is 0 Å². The van der Waals surface area contributed by atoms with Crippen molar-refractivity contribution in [3.05, 3.63) is 30.4 Å². The van der Waals surface area contributed by atoms with Crippen LogP contribution in [0.15, 0.2) is 30.4 Å². The van der Waals surface area contributed by atoms with Gasteiger partial charge in [0.15, 0.2) is 11.5 Å². The Bertz CT molecular complexity index is 438. The van der Waals surface area contributed by atoms with Crippen LogP contribution in [0.5, 0.6) is 17.2 Å². The molecule has 0 unspecified atom stereocenters. The van der Waals surface area contributed by atoms with Gasteiger partial charge >= 0.3 is 5.97 Å². The normalized spacial score (nSPS) is 12.2. The van der Waals surface area contributed by atoms with E-state index in [2.05, 4.69) is 6.58 Å². The number of hydrogen-bond donors (Lipinski definition) is 1. The summed E-state index contributed by atoms with van der Waals surface area (Å²) in [6.45, 7) is 3.50. The quantitative estimate of drug-likeness (QED) is 0.781. The van der Waals surface area contributed by atoms with Crippen LogP contribution < -0.4 is 14.2 Å². The lowest BCUT2D eigenvalue weighted by Crippen LogP contribution is -2.08. The number of aliphatic carboxylic acids is 1. The fraction of sp³-hybridized carbons (Fsp3) is 0.182. The fourth-order valence-corrected chi connectivity index (χ4v) is 1.20. The summed E-state index contributed by atoms with van der Waals surface area (Å²) in [6, 6.07) is 5.04. The molecule has 0 amide bonds. The first kappa shape index (κ1) is 10.4. The second-order valence-electron chi connectivity index (χ2n) is 3.21. The average molecular weight is 222 g/mol. The molecule has 1 aliphatic rings. The first-order valence-electron chi connectivity index (χ1n) is 4.60. The summed E-state index contributed by atoms with van der Waals surface area (Å²) in [7, 11) is 0.